The molecule has 0 saturated heterocycles. The summed E-state index contributed by atoms with van der Waals surface area (Å²) < 4.78 is 15.7. The molecule has 0 aliphatic rings. The number of carbonyl (C=O) groups is 2. The number of hydrogen-bond donors (Lipinski definition) is 1. The van der Waals surface area contributed by atoms with Gasteiger partial charge in [-0.2, -0.15) is 0 Å². The van der Waals surface area contributed by atoms with E-state index in [1.165, 1.54) is 0 Å². The summed E-state index contributed by atoms with van der Waals surface area (Å²) in [4.78, 5) is 27.0. The highest BCUT2D eigenvalue weighted by Gasteiger charge is 2.23. The average Bonchev–Trinajstić information content (AvgIpc) is 2.87. The van der Waals surface area contributed by atoms with Gasteiger partial charge in [-0.3, -0.25) is 0 Å². The lowest BCUT2D eigenvalue weighted by Crippen LogP contribution is -2.14. The third-order valence-electron chi connectivity index (χ3n) is 3.45. The van der Waals surface area contributed by atoms with Crippen LogP contribution in [0.5, 0.6) is 5.75 Å². The molecule has 0 unspecified atom stereocenters. The van der Waals surface area contributed by atoms with Crippen molar-refractivity contribution in [3.05, 3.63) is 52.8 Å². The zero-order chi connectivity index (χ0) is 17.5. The van der Waals surface area contributed by atoms with E-state index in [0.29, 0.717) is 22.6 Å². The molecule has 0 radical (unpaired) electrons. The van der Waals surface area contributed by atoms with Crippen molar-refractivity contribution in [2.24, 2.45) is 0 Å². The van der Waals surface area contributed by atoms with Gasteiger partial charge in [-0.25, -0.2) is 9.59 Å². The van der Waals surface area contributed by atoms with Gasteiger partial charge in [0.05, 0.1) is 12.2 Å². The Morgan fingerprint density at radius 2 is 1.71 bits per heavy atom. The van der Waals surface area contributed by atoms with Crippen molar-refractivity contribution in [2.75, 3.05) is 19.8 Å². The minimum atomic E-state index is -0.525. The Bertz CT molecular complexity index is 706. The summed E-state index contributed by atoms with van der Waals surface area (Å²) in [6.07, 6.45) is 0. The van der Waals surface area contributed by atoms with Crippen LogP contribution in [0.2, 0.25) is 0 Å². The number of aryl methyl sites for hydroxylation is 1. The van der Waals surface area contributed by atoms with E-state index in [9.17, 15) is 9.59 Å². The highest BCUT2D eigenvalue weighted by atomic mass is 16.6. The lowest BCUT2D eigenvalue weighted by Gasteiger charge is -2.07. The first-order valence-corrected chi connectivity index (χ1v) is 7.75. The highest BCUT2D eigenvalue weighted by Crippen LogP contribution is 2.19. The second kappa shape index (κ2) is 8.19. The lowest BCUT2D eigenvalue weighted by molar-refractivity contribution is 0.0443. The van der Waals surface area contributed by atoms with E-state index in [1.807, 2.05) is 30.3 Å². The van der Waals surface area contributed by atoms with Gasteiger partial charge in [-0.05, 0) is 38.5 Å². The molecule has 0 bridgehead atoms. The number of aromatic amines is 1. The number of aromatic nitrogens is 1. The molecule has 0 fully saturated rings. The predicted octanol–water partition coefficient (Wildman–Crippen LogP) is 3.04. The van der Waals surface area contributed by atoms with Gasteiger partial charge in [0, 0.05) is 5.69 Å². The highest BCUT2D eigenvalue weighted by molar-refractivity contribution is 5.98. The smallest absolute Gasteiger partial charge is 0.355 e. The van der Waals surface area contributed by atoms with Crippen molar-refractivity contribution in [3.8, 4) is 5.75 Å². The second-order valence-corrected chi connectivity index (χ2v) is 5.14. The van der Waals surface area contributed by atoms with Crippen LogP contribution in [0, 0.1) is 13.8 Å². The van der Waals surface area contributed by atoms with Crippen molar-refractivity contribution in [1.29, 1.82) is 0 Å². The van der Waals surface area contributed by atoms with Gasteiger partial charge < -0.3 is 19.2 Å². The minimum Gasteiger partial charge on any atom is -0.490 e. The molecular formula is C18H21NO5. The van der Waals surface area contributed by atoms with Crippen LogP contribution in [0.3, 0.4) is 0 Å². The third-order valence-corrected chi connectivity index (χ3v) is 3.45. The van der Waals surface area contributed by atoms with E-state index in [0.717, 1.165) is 0 Å². The summed E-state index contributed by atoms with van der Waals surface area (Å²) in [7, 11) is 0. The molecule has 2 aromatic rings. The summed E-state index contributed by atoms with van der Waals surface area (Å²) in [6.45, 7) is 5.77. The fourth-order valence-corrected chi connectivity index (χ4v) is 2.35. The minimum absolute atomic E-state index is 0.111. The Labute approximate surface area is 140 Å². The maximum atomic E-state index is 12.2. The van der Waals surface area contributed by atoms with E-state index < -0.39 is 11.9 Å². The van der Waals surface area contributed by atoms with Crippen molar-refractivity contribution >= 4 is 11.9 Å². The molecule has 1 N–H and O–H groups in total. The quantitative estimate of drug-likeness (QED) is 0.623. The van der Waals surface area contributed by atoms with E-state index in [2.05, 4.69) is 4.98 Å². The second-order valence-electron chi connectivity index (χ2n) is 5.14. The summed E-state index contributed by atoms with van der Waals surface area (Å²) in [5.41, 5.74) is 1.75. The zero-order valence-electron chi connectivity index (χ0n) is 14.0. The number of nitrogens with one attached hydrogen (secondary N) is 1. The van der Waals surface area contributed by atoms with Gasteiger partial charge >= 0.3 is 11.9 Å². The monoisotopic (exact) mass is 331 g/mol. The molecule has 0 aliphatic carbocycles. The normalized spacial score (nSPS) is 10.3. The SMILES string of the molecule is CCOC(=O)c1c(C)[nH]c(C(=O)OCCOc2ccccc2)c1C. The number of rotatable bonds is 7. The zero-order valence-corrected chi connectivity index (χ0v) is 14.0. The van der Waals surface area contributed by atoms with E-state index in [1.54, 1.807) is 20.8 Å². The van der Waals surface area contributed by atoms with Crippen molar-refractivity contribution in [2.45, 2.75) is 20.8 Å². The number of ether oxygens (including phenoxy) is 3. The molecule has 0 aliphatic heterocycles. The standard InChI is InChI=1S/C18H21NO5/c1-4-22-17(20)15-12(2)16(19-13(15)3)18(21)24-11-10-23-14-8-6-5-7-9-14/h5-9,19H,4,10-11H2,1-3H3. The molecule has 128 valence electrons. The Balaban J connectivity index is 1.93. The first-order chi connectivity index (χ1) is 11.5. The third kappa shape index (κ3) is 4.16. The molecule has 1 aromatic carbocycles. The first kappa shape index (κ1) is 17.6. The molecule has 6 heteroatoms. The molecule has 2 rings (SSSR count). The van der Waals surface area contributed by atoms with E-state index in [-0.39, 0.29) is 25.5 Å². The summed E-state index contributed by atoms with van der Waals surface area (Å²) >= 11 is 0. The summed E-state index contributed by atoms with van der Waals surface area (Å²) in [5, 5.41) is 0. The fraction of sp³-hybridized carbons (Fsp3) is 0.333. The Kier molecular flexibility index (Phi) is 6.01. The van der Waals surface area contributed by atoms with Crippen molar-refractivity contribution in [3.63, 3.8) is 0 Å². The van der Waals surface area contributed by atoms with Crippen LogP contribution in [0.15, 0.2) is 30.3 Å². The number of carbonyl (C=O) groups excluding carboxylic acids is 2. The van der Waals surface area contributed by atoms with Gasteiger partial charge in [-0.15, -0.1) is 0 Å². The molecule has 0 saturated carbocycles. The Morgan fingerprint density at radius 3 is 2.38 bits per heavy atom. The van der Waals surface area contributed by atoms with Crippen LogP contribution < -0.4 is 4.74 Å². The van der Waals surface area contributed by atoms with Crippen LogP contribution in [0.25, 0.3) is 0 Å². The maximum Gasteiger partial charge on any atom is 0.355 e. The topological polar surface area (TPSA) is 77.6 Å². The molecule has 1 aromatic heterocycles. The van der Waals surface area contributed by atoms with Crippen LogP contribution in [0.4, 0.5) is 0 Å². The van der Waals surface area contributed by atoms with Gasteiger partial charge in [0.15, 0.2) is 0 Å². The van der Waals surface area contributed by atoms with Crippen LogP contribution in [-0.4, -0.2) is 36.7 Å². The fourth-order valence-electron chi connectivity index (χ4n) is 2.35. The number of benzene rings is 1. The van der Waals surface area contributed by atoms with Gasteiger partial charge in [-0.1, -0.05) is 18.2 Å². The lowest BCUT2D eigenvalue weighted by atomic mass is 10.1. The number of hydrogen-bond acceptors (Lipinski definition) is 5. The van der Waals surface area contributed by atoms with Crippen LogP contribution in [0.1, 0.15) is 39.0 Å². The van der Waals surface area contributed by atoms with Crippen molar-refractivity contribution < 1.29 is 23.8 Å². The Morgan fingerprint density at radius 1 is 1.00 bits per heavy atom. The van der Waals surface area contributed by atoms with Gasteiger partial charge in [0.25, 0.3) is 0 Å². The Hall–Kier alpha value is -2.76. The number of esters is 2. The van der Waals surface area contributed by atoms with Gasteiger partial charge in [0.1, 0.15) is 24.7 Å². The summed E-state index contributed by atoms with van der Waals surface area (Å²) in [6, 6.07) is 9.27. The number of para-hydroxylation sites is 1. The molecule has 6 nitrogen and oxygen atoms in total. The van der Waals surface area contributed by atoms with Crippen molar-refractivity contribution in [1.82, 2.24) is 4.98 Å². The predicted molar refractivity (Wildman–Crippen MR) is 88.4 cm³/mol. The molecule has 0 spiro atoms. The number of H-pyrrole nitrogens is 1. The first-order valence-electron chi connectivity index (χ1n) is 7.75. The van der Waals surface area contributed by atoms with Crippen LogP contribution >= 0.6 is 0 Å². The van der Waals surface area contributed by atoms with E-state index >= 15 is 0 Å². The molecule has 24 heavy (non-hydrogen) atoms. The largest absolute Gasteiger partial charge is 0.490 e. The molecule has 0 amide bonds. The molecule has 1 heterocycles. The average molecular weight is 331 g/mol. The maximum absolute atomic E-state index is 12.2. The van der Waals surface area contributed by atoms with Gasteiger partial charge in [0.2, 0.25) is 0 Å². The molecular weight excluding hydrogens is 310 g/mol. The summed E-state index contributed by atoms with van der Waals surface area (Å²) in [5.74, 6) is -0.261. The van der Waals surface area contributed by atoms with Crippen LogP contribution in [-0.2, 0) is 9.47 Å². The molecule has 0 atom stereocenters. The van der Waals surface area contributed by atoms with E-state index in [4.69, 9.17) is 14.2 Å².